The van der Waals surface area contributed by atoms with E-state index in [4.69, 9.17) is 4.99 Å². The lowest BCUT2D eigenvalue weighted by Gasteiger charge is -2.16. The van der Waals surface area contributed by atoms with Gasteiger partial charge in [-0.1, -0.05) is 78.9 Å². The summed E-state index contributed by atoms with van der Waals surface area (Å²) in [6, 6.07) is 33.5. The second kappa shape index (κ2) is 8.03. The van der Waals surface area contributed by atoms with Crippen LogP contribution < -0.4 is 0 Å². The first-order valence-electron chi connectivity index (χ1n) is 13.0. The lowest BCUT2D eigenvalue weighted by atomic mass is 9.87. The monoisotopic (exact) mass is 463 g/mol. The second-order valence-electron chi connectivity index (χ2n) is 10.4. The molecule has 1 aliphatic heterocycles. The van der Waals surface area contributed by atoms with Gasteiger partial charge in [-0.3, -0.25) is 0 Å². The van der Waals surface area contributed by atoms with E-state index >= 15 is 0 Å². The van der Waals surface area contributed by atoms with Gasteiger partial charge in [0.2, 0.25) is 0 Å². The predicted molar refractivity (Wildman–Crippen MR) is 152 cm³/mol. The summed E-state index contributed by atoms with van der Waals surface area (Å²) in [4.78, 5) is 5.12. The third kappa shape index (κ3) is 3.05. The summed E-state index contributed by atoms with van der Waals surface area (Å²) >= 11 is 0. The van der Waals surface area contributed by atoms with Gasteiger partial charge in [-0.2, -0.15) is 0 Å². The first-order valence-corrected chi connectivity index (χ1v) is 13.0. The van der Waals surface area contributed by atoms with Gasteiger partial charge in [0.1, 0.15) is 0 Å². The molecule has 0 radical (unpaired) electrons. The van der Waals surface area contributed by atoms with Crippen molar-refractivity contribution in [1.29, 1.82) is 0 Å². The smallest absolute Gasteiger partial charge is 0.0754 e. The van der Waals surface area contributed by atoms with E-state index < -0.39 is 0 Å². The van der Waals surface area contributed by atoms with Crippen molar-refractivity contribution >= 4 is 22.5 Å². The number of hydrogen-bond acceptors (Lipinski definition) is 1. The zero-order valence-corrected chi connectivity index (χ0v) is 21.1. The van der Waals surface area contributed by atoms with Crippen LogP contribution in [0.15, 0.2) is 107 Å². The highest BCUT2D eigenvalue weighted by Gasteiger charge is 2.34. The SMILES string of the molecule is CC1=C(C)C(c2ccccc2)=C2C1=Nc1cc(C)c(CCC3c4ccccc4-c4ccccc43)cc12. The summed E-state index contributed by atoms with van der Waals surface area (Å²) in [6.45, 7) is 6.72. The molecule has 0 unspecified atom stereocenters. The molecule has 0 atom stereocenters. The quantitative estimate of drug-likeness (QED) is 0.286. The first-order chi connectivity index (χ1) is 17.6. The van der Waals surface area contributed by atoms with E-state index in [0.717, 1.165) is 24.2 Å². The molecule has 7 rings (SSSR count). The molecule has 0 fully saturated rings. The summed E-state index contributed by atoms with van der Waals surface area (Å²) in [6.07, 6.45) is 2.17. The Kier molecular flexibility index (Phi) is 4.76. The normalized spacial score (nSPS) is 15.7. The van der Waals surface area contributed by atoms with Gasteiger partial charge in [0.25, 0.3) is 0 Å². The third-order valence-electron chi connectivity index (χ3n) is 8.46. The number of aliphatic imine (C=N–C) groups is 1. The van der Waals surface area contributed by atoms with Crippen molar-refractivity contribution < 1.29 is 0 Å². The largest absolute Gasteiger partial charge is 0.247 e. The maximum absolute atomic E-state index is 5.12. The van der Waals surface area contributed by atoms with Crippen LogP contribution in [-0.2, 0) is 6.42 Å². The minimum absolute atomic E-state index is 0.452. The maximum Gasteiger partial charge on any atom is 0.0754 e. The van der Waals surface area contributed by atoms with Crippen molar-refractivity contribution in [2.24, 2.45) is 4.99 Å². The summed E-state index contributed by atoms with van der Waals surface area (Å²) in [5.41, 5.74) is 18.7. The molecule has 1 nitrogen and oxygen atoms in total. The van der Waals surface area contributed by atoms with Gasteiger partial charge in [-0.15, -0.1) is 0 Å². The van der Waals surface area contributed by atoms with Crippen LogP contribution in [0.2, 0.25) is 0 Å². The average Bonchev–Trinajstić information content (AvgIpc) is 3.51. The van der Waals surface area contributed by atoms with Crippen LogP contribution in [0.25, 0.3) is 22.3 Å². The highest BCUT2D eigenvalue weighted by atomic mass is 14.8. The molecule has 0 N–H and O–H groups in total. The number of fused-ring (bicyclic) bond motifs is 6. The van der Waals surface area contributed by atoms with Crippen LogP contribution in [0.5, 0.6) is 0 Å². The van der Waals surface area contributed by atoms with E-state index in [9.17, 15) is 0 Å². The minimum atomic E-state index is 0.452. The van der Waals surface area contributed by atoms with Crippen molar-refractivity contribution in [2.45, 2.75) is 39.5 Å². The number of rotatable bonds is 4. The van der Waals surface area contributed by atoms with E-state index in [-0.39, 0.29) is 0 Å². The molecule has 36 heavy (non-hydrogen) atoms. The highest BCUT2D eigenvalue weighted by Crippen LogP contribution is 2.50. The van der Waals surface area contributed by atoms with Crippen molar-refractivity contribution in [3.8, 4) is 11.1 Å². The molecule has 2 aliphatic carbocycles. The van der Waals surface area contributed by atoms with Gasteiger partial charge in [-0.05, 0) is 101 Å². The van der Waals surface area contributed by atoms with Crippen LogP contribution in [0, 0.1) is 6.92 Å². The Bertz CT molecular complexity index is 1600. The summed E-state index contributed by atoms with van der Waals surface area (Å²) in [7, 11) is 0. The molecular formula is C35H29N. The van der Waals surface area contributed by atoms with Crippen molar-refractivity contribution in [1.82, 2.24) is 0 Å². The zero-order chi connectivity index (χ0) is 24.4. The molecule has 3 aliphatic rings. The Morgan fingerprint density at radius 1 is 0.639 bits per heavy atom. The molecular weight excluding hydrogens is 434 g/mol. The van der Waals surface area contributed by atoms with Crippen LogP contribution >= 0.6 is 0 Å². The molecule has 1 heteroatoms. The van der Waals surface area contributed by atoms with E-state index in [2.05, 4.69) is 112 Å². The number of hydrogen-bond donors (Lipinski definition) is 0. The van der Waals surface area contributed by atoms with Gasteiger partial charge >= 0.3 is 0 Å². The maximum atomic E-state index is 5.12. The fourth-order valence-electron chi connectivity index (χ4n) is 6.52. The third-order valence-corrected chi connectivity index (χ3v) is 8.46. The number of nitrogens with zero attached hydrogens (tertiary/aromatic N) is 1. The predicted octanol–water partition coefficient (Wildman–Crippen LogP) is 9.09. The van der Waals surface area contributed by atoms with Crippen molar-refractivity contribution in [3.63, 3.8) is 0 Å². The molecule has 0 amide bonds. The number of aryl methyl sites for hydroxylation is 2. The molecule has 0 spiro atoms. The number of allylic oxidation sites excluding steroid dienone is 4. The van der Waals surface area contributed by atoms with Crippen molar-refractivity contribution in [3.05, 3.63) is 136 Å². The highest BCUT2D eigenvalue weighted by molar-refractivity contribution is 6.45. The van der Waals surface area contributed by atoms with Gasteiger partial charge in [0.05, 0.1) is 11.4 Å². The summed E-state index contributed by atoms with van der Waals surface area (Å²) in [5.74, 6) is 0.452. The second-order valence-corrected chi connectivity index (χ2v) is 10.4. The molecule has 0 saturated carbocycles. The first kappa shape index (κ1) is 21.3. The number of benzene rings is 4. The van der Waals surface area contributed by atoms with Gasteiger partial charge in [0.15, 0.2) is 0 Å². The molecule has 174 valence electrons. The summed E-state index contributed by atoms with van der Waals surface area (Å²) < 4.78 is 0. The van der Waals surface area contributed by atoms with E-state index in [1.807, 2.05) is 0 Å². The van der Waals surface area contributed by atoms with E-state index in [0.29, 0.717) is 5.92 Å². The molecule has 0 saturated heterocycles. The summed E-state index contributed by atoms with van der Waals surface area (Å²) in [5, 5.41) is 0. The standard InChI is InChI=1S/C35H29N/c1-21-19-32-31(34-33(24-11-5-4-6-12-24)22(2)23(3)35(34)36-32)20-25(21)17-18-30-28-15-9-7-13-26(28)27-14-8-10-16-29(27)30/h4-16,19-20,30H,17-18H2,1-3H3. The molecule has 4 aromatic carbocycles. The Morgan fingerprint density at radius 3 is 1.97 bits per heavy atom. The lowest BCUT2D eigenvalue weighted by molar-refractivity contribution is 0.727. The molecule has 0 aromatic heterocycles. The lowest BCUT2D eigenvalue weighted by Crippen LogP contribution is -2.01. The minimum Gasteiger partial charge on any atom is -0.247 e. The molecule has 4 aromatic rings. The van der Waals surface area contributed by atoms with E-state index in [1.165, 1.54) is 66.8 Å². The van der Waals surface area contributed by atoms with Crippen LogP contribution in [0.1, 0.15) is 59.6 Å². The van der Waals surface area contributed by atoms with Gasteiger partial charge in [-0.25, -0.2) is 4.99 Å². The fraction of sp³-hybridized carbons (Fsp3) is 0.171. The Balaban J connectivity index is 1.27. The van der Waals surface area contributed by atoms with Gasteiger partial charge in [0, 0.05) is 17.1 Å². The Labute approximate surface area is 213 Å². The van der Waals surface area contributed by atoms with Crippen LogP contribution in [0.3, 0.4) is 0 Å². The van der Waals surface area contributed by atoms with E-state index in [1.54, 1.807) is 0 Å². The topological polar surface area (TPSA) is 12.4 Å². The zero-order valence-electron chi connectivity index (χ0n) is 21.1. The van der Waals surface area contributed by atoms with Crippen LogP contribution in [-0.4, -0.2) is 5.71 Å². The fourth-order valence-corrected chi connectivity index (χ4v) is 6.52. The van der Waals surface area contributed by atoms with Crippen LogP contribution in [0.4, 0.5) is 5.69 Å². The van der Waals surface area contributed by atoms with Crippen molar-refractivity contribution in [2.75, 3.05) is 0 Å². The van der Waals surface area contributed by atoms with Gasteiger partial charge < -0.3 is 0 Å². The Morgan fingerprint density at radius 2 is 1.28 bits per heavy atom. The molecule has 1 heterocycles. The molecule has 0 bridgehead atoms. The average molecular weight is 464 g/mol. The Hall–Kier alpha value is -3.97.